The molecule has 1 aromatic carbocycles. The predicted molar refractivity (Wildman–Crippen MR) is 60.6 cm³/mol. The number of likely N-dealkylation sites (N-methyl/N-ethyl adjacent to an activating group) is 1. The molecule has 0 aliphatic heterocycles. The van der Waals surface area contributed by atoms with Crippen molar-refractivity contribution >= 4 is 12.2 Å². The van der Waals surface area contributed by atoms with Gasteiger partial charge in [0.2, 0.25) is 0 Å². The van der Waals surface area contributed by atoms with Crippen LogP contribution in [0.4, 0.5) is 0 Å². The fourth-order valence-corrected chi connectivity index (χ4v) is 1.24. The second-order valence-electron chi connectivity index (χ2n) is 3.68. The van der Waals surface area contributed by atoms with Crippen LogP contribution in [0.15, 0.2) is 24.3 Å². The molecule has 0 spiro atoms. The van der Waals surface area contributed by atoms with Crippen LogP contribution >= 0.6 is 0 Å². The Hall–Kier alpha value is -1.84. The van der Waals surface area contributed by atoms with Gasteiger partial charge in [-0.25, -0.2) is 0 Å². The summed E-state index contributed by atoms with van der Waals surface area (Å²) in [6, 6.07) is 6.64. The van der Waals surface area contributed by atoms with Gasteiger partial charge < -0.3 is 9.64 Å². The maximum absolute atomic E-state index is 11.5. The number of carbonyl (C=O) groups is 2. The van der Waals surface area contributed by atoms with E-state index in [-0.39, 0.29) is 5.91 Å². The lowest BCUT2D eigenvalue weighted by atomic mass is 10.2. The Balaban J connectivity index is 2.66. The third kappa shape index (κ3) is 3.08. The van der Waals surface area contributed by atoms with E-state index in [1.165, 1.54) is 4.90 Å². The van der Waals surface area contributed by atoms with Crippen molar-refractivity contribution < 1.29 is 14.3 Å². The average Bonchev–Trinajstić information content (AvgIpc) is 2.28. The Morgan fingerprint density at radius 2 is 1.88 bits per heavy atom. The standard InChI is InChI=1S/C12H15NO3/c1-9(12(15)13(2)3)16-11-6-4-10(8-14)5-7-11/h4-9H,1-3H3. The number of hydrogen-bond donors (Lipinski definition) is 0. The van der Waals surface area contributed by atoms with Gasteiger partial charge in [0.05, 0.1) is 0 Å². The Morgan fingerprint density at radius 1 is 1.31 bits per heavy atom. The first-order valence-corrected chi connectivity index (χ1v) is 4.97. The molecular weight excluding hydrogens is 206 g/mol. The number of rotatable bonds is 4. The summed E-state index contributed by atoms with van der Waals surface area (Å²) in [6.07, 6.45) is 0.232. The highest BCUT2D eigenvalue weighted by molar-refractivity contribution is 5.80. The maximum atomic E-state index is 11.5. The van der Waals surface area contributed by atoms with Gasteiger partial charge in [-0.05, 0) is 31.2 Å². The van der Waals surface area contributed by atoms with Crippen molar-refractivity contribution in [2.45, 2.75) is 13.0 Å². The topological polar surface area (TPSA) is 46.6 Å². The first kappa shape index (κ1) is 12.2. The van der Waals surface area contributed by atoms with E-state index in [1.54, 1.807) is 45.3 Å². The van der Waals surface area contributed by atoms with E-state index in [0.29, 0.717) is 11.3 Å². The van der Waals surface area contributed by atoms with Gasteiger partial charge in [0, 0.05) is 19.7 Å². The fraction of sp³-hybridized carbons (Fsp3) is 0.333. The molecule has 0 aromatic heterocycles. The Kier molecular flexibility index (Phi) is 4.05. The zero-order valence-electron chi connectivity index (χ0n) is 9.64. The van der Waals surface area contributed by atoms with E-state index in [1.807, 2.05) is 0 Å². The molecule has 1 amide bonds. The van der Waals surface area contributed by atoms with Gasteiger partial charge in [0.1, 0.15) is 12.0 Å². The van der Waals surface area contributed by atoms with Gasteiger partial charge in [0.25, 0.3) is 5.91 Å². The van der Waals surface area contributed by atoms with Gasteiger partial charge in [-0.15, -0.1) is 0 Å². The molecule has 0 saturated carbocycles. The molecule has 0 saturated heterocycles. The van der Waals surface area contributed by atoms with Crippen LogP contribution in [0.2, 0.25) is 0 Å². The molecular formula is C12H15NO3. The maximum Gasteiger partial charge on any atom is 0.262 e. The van der Waals surface area contributed by atoms with Crippen LogP contribution in [0.5, 0.6) is 5.75 Å². The fourth-order valence-electron chi connectivity index (χ4n) is 1.24. The van der Waals surface area contributed by atoms with Crippen LogP contribution < -0.4 is 4.74 Å². The van der Waals surface area contributed by atoms with Crippen molar-refractivity contribution in [2.75, 3.05) is 14.1 Å². The lowest BCUT2D eigenvalue weighted by molar-refractivity contribution is -0.135. The molecule has 4 heteroatoms. The lowest BCUT2D eigenvalue weighted by Gasteiger charge is -2.18. The smallest absolute Gasteiger partial charge is 0.262 e. The highest BCUT2D eigenvalue weighted by atomic mass is 16.5. The van der Waals surface area contributed by atoms with Gasteiger partial charge in [-0.2, -0.15) is 0 Å². The van der Waals surface area contributed by atoms with Crippen LogP contribution in [-0.4, -0.2) is 37.3 Å². The largest absolute Gasteiger partial charge is 0.481 e. The average molecular weight is 221 g/mol. The summed E-state index contributed by atoms with van der Waals surface area (Å²) >= 11 is 0. The molecule has 0 aliphatic rings. The molecule has 1 aromatic rings. The molecule has 1 rings (SSSR count). The second-order valence-corrected chi connectivity index (χ2v) is 3.68. The minimum Gasteiger partial charge on any atom is -0.481 e. The lowest BCUT2D eigenvalue weighted by Crippen LogP contribution is -2.35. The molecule has 86 valence electrons. The van der Waals surface area contributed by atoms with Crippen LogP contribution in [0.25, 0.3) is 0 Å². The first-order valence-electron chi connectivity index (χ1n) is 4.97. The van der Waals surface area contributed by atoms with E-state index in [9.17, 15) is 9.59 Å². The van der Waals surface area contributed by atoms with Crippen molar-refractivity contribution in [3.63, 3.8) is 0 Å². The summed E-state index contributed by atoms with van der Waals surface area (Å²) in [6.45, 7) is 1.69. The van der Waals surface area contributed by atoms with E-state index in [2.05, 4.69) is 0 Å². The molecule has 4 nitrogen and oxygen atoms in total. The second kappa shape index (κ2) is 5.30. The van der Waals surface area contributed by atoms with Crippen LogP contribution in [0.3, 0.4) is 0 Å². The van der Waals surface area contributed by atoms with Crippen LogP contribution in [0, 0.1) is 0 Å². The number of ether oxygens (including phenoxy) is 1. The molecule has 0 radical (unpaired) electrons. The Morgan fingerprint density at radius 3 is 2.31 bits per heavy atom. The Labute approximate surface area is 94.8 Å². The quantitative estimate of drug-likeness (QED) is 0.721. The van der Waals surface area contributed by atoms with Crippen molar-refractivity contribution in [1.29, 1.82) is 0 Å². The minimum atomic E-state index is -0.530. The number of hydrogen-bond acceptors (Lipinski definition) is 3. The normalized spacial score (nSPS) is 11.7. The first-order chi connectivity index (χ1) is 7.54. The third-order valence-electron chi connectivity index (χ3n) is 2.12. The van der Waals surface area contributed by atoms with Crippen molar-refractivity contribution in [3.05, 3.63) is 29.8 Å². The number of aldehydes is 1. The molecule has 0 N–H and O–H groups in total. The summed E-state index contributed by atoms with van der Waals surface area (Å²) in [5, 5.41) is 0. The van der Waals surface area contributed by atoms with E-state index in [0.717, 1.165) is 6.29 Å². The minimum absolute atomic E-state index is 0.0977. The van der Waals surface area contributed by atoms with Crippen LogP contribution in [0.1, 0.15) is 17.3 Å². The van der Waals surface area contributed by atoms with Gasteiger partial charge in [0.15, 0.2) is 6.10 Å². The van der Waals surface area contributed by atoms with Gasteiger partial charge >= 0.3 is 0 Å². The van der Waals surface area contributed by atoms with Gasteiger partial charge in [-0.1, -0.05) is 0 Å². The Bertz CT molecular complexity index is 370. The van der Waals surface area contributed by atoms with E-state index in [4.69, 9.17) is 4.74 Å². The summed E-state index contributed by atoms with van der Waals surface area (Å²) < 4.78 is 5.43. The third-order valence-corrected chi connectivity index (χ3v) is 2.12. The molecule has 0 heterocycles. The molecule has 0 fully saturated rings. The number of nitrogens with zero attached hydrogens (tertiary/aromatic N) is 1. The monoisotopic (exact) mass is 221 g/mol. The summed E-state index contributed by atoms with van der Waals surface area (Å²) in [4.78, 5) is 23.4. The van der Waals surface area contributed by atoms with Gasteiger partial charge in [-0.3, -0.25) is 9.59 Å². The van der Waals surface area contributed by atoms with E-state index >= 15 is 0 Å². The number of benzene rings is 1. The van der Waals surface area contributed by atoms with Crippen molar-refractivity contribution in [2.24, 2.45) is 0 Å². The van der Waals surface area contributed by atoms with Crippen molar-refractivity contribution in [3.8, 4) is 5.75 Å². The molecule has 1 unspecified atom stereocenters. The molecule has 16 heavy (non-hydrogen) atoms. The number of carbonyl (C=O) groups excluding carboxylic acids is 2. The zero-order valence-corrected chi connectivity index (χ0v) is 9.64. The predicted octanol–water partition coefficient (Wildman–Crippen LogP) is 1.35. The molecule has 0 aliphatic carbocycles. The number of amides is 1. The SMILES string of the molecule is CC(Oc1ccc(C=O)cc1)C(=O)N(C)C. The summed E-state index contributed by atoms with van der Waals surface area (Å²) in [5.74, 6) is 0.479. The molecule has 0 bridgehead atoms. The van der Waals surface area contributed by atoms with Crippen LogP contribution in [-0.2, 0) is 4.79 Å². The van der Waals surface area contributed by atoms with E-state index < -0.39 is 6.10 Å². The zero-order chi connectivity index (χ0) is 12.1. The summed E-state index contributed by atoms with van der Waals surface area (Å²) in [5.41, 5.74) is 0.582. The van der Waals surface area contributed by atoms with Crippen molar-refractivity contribution in [1.82, 2.24) is 4.90 Å². The highest BCUT2D eigenvalue weighted by Crippen LogP contribution is 2.13. The molecule has 1 atom stereocenters. The highest BCUT2D eigenvalue weighted by Gasteiger charge is 2.16. The summed E-state index contributed by atoms with van der Waals surface area (Å²) in [7, 11) is 3.36.